The number of nitrogens with one attached hydrogen (secondary N) is 3. The van der Waals surface area contributed by atoms with Gasteiger partial charge in [-0.25, -0.2) is 15.0 Å². The molecule has 2 aliphatic rings. The van der Waals surface area contributed by atoms with Gasteiger partial charge in [0.25, 0.3) is 0 Å². The maximum atomic E-state index is 13.8. The molecular weight excluding hydrogens is 423 g/mol. The monoisotopic (exact) mass is 447 g/mol. The molecule has 11 heteroatoms. The molecule has 0 saturated carbocycles. The predicted molar refractivity (Wildman–Crippen MR) is 115 cm³/mol. The molecule has 2 fully saturated rings. The van der Waals surface area contributed by atoms with Crippen LogP contribution in [0.15, 0.2) is 24.5 Å². The van der Waals surface area contributed by atoms with Crippen molar-refractivity contribution in [1.82, 2.24) is 25.3 Å². The van der Waals surface area contributed by atoms with Crippen molar-refractivity contribution in [2.45, 2.75) is 25.1 Å². The predicted octanol–water partition coefficient (Wildman–Crippen LogP) is 3.04. The van der Waals surface area contributed by atoms with Crippen LogP contribution in [-0.2, 0) is 10.9 Å². The fourth-order valence-electron chi connectivity index (χ4n) is 4.18. The normalized spacial score (nSPS) is 20.0. The number of nitrogens with zero attached hydrogens (tertiary/aromatic N) is 4. The smallest absolute Gasteiger partial charge is 0.378 e. The molecule has 3 N–H and O–H groups in total. The Morgan fingerprint density at radius 1 is 1.16 bits per heavy atom. The SMILES string of the molecule is FC(F)(F)c1cnc(NC2CCCNC2)nc1-c1c[nH]c2nc(N3CCOCC3)ccc12. The number of piperidine rings is 1. The second-order valence-corrected chi connectivity index (χ2v) is 8.01. The van der Waals surface area contributed by atoms with Crippen molar-refractivity contribution < 1.29 is 17.9 Å². The molecule has 0 aliphatic carbocycles. The third-order valence-electron chi connectivity index (χ3n) is 5.84. The Kier molecular flexibility index (Phi) is 5.60. The van der Waals surface area contributed by atoms with E-state index in [9.17, 15) is 13.2 Å². The van der Waals surface area contributed by atoms with Crippen molar-refractivity contribution in [3.05, 3.63) is 30.1 Å². The van der Waals surface area contributed by atoms with Crippen LogP contribution in [0.5, 0.6) is 0 Å². The molecule has 2 saturated heterocycles. The van der Waals surface area contributed by atoms with Crippen molar-refractivity contribution in [2.24, 2.45) is 0 Å². The molecule has 0 bridgehead atoms. The van der Waals surface area contributed by atoms with Gasteiger partial charge in [-0.15, -0.1) is 0 Å². The van der Waals surface area contributed by atoms with E-state index in [2.05, 4.69) is 35.5 Å². The van der Waals surface area contributed by atoms with Gasteiger partial charge >= 0.3 is 6.18 Å². The lowest BCUT2D eigenvalue weighted by atomic mass is 10.1. The van der Waals surface area contributed by atoms with Crippen molar-refractivity contribution in [3.63, 3.8) is 0 Å². The number of rotatable bonds is 4. The topological polar surface area (TPSA) is 91.0 Å². The molecule has 5 heterocycles. The number of hydrogen-bond acceptors (Lipinski definition) is 7. The van der Waals surface area contributed by atoms with Crippen LogP contribution in [0.1, 0.15) is 18.4 Å². The molecule has 1 unspecified atom stereocenters. The summed E-state index contributed by atoms with van der Waals surface area (Å²) in [5.41, 5.74) is -0.170. The quantitative estimate of drug-likeness (QED) is 0.566. The summed E-state index contributed by atoms with van der Waals surface area (Å²) >= 11 is 0. The first-order valence-electron chi connectivity index (χ1n) is 10.7. The first kappa shape index (κ1) is 21.0. The summed E-state index contributed by atoms with van der Waals surface area (Å²) in [5, 5.41) is 7.01. The van der Waals surface area contributed by atoms with Crippen LogP contribution in [0.4, 0.5) is 24.9 Å². The first-order valence-corrected chi connectivity index (χ1v) is 10.7. The van der Waals surface area contributed by atoms with Crippen LogP contribution in [0.25, 0.3) is 22.3 Å². The van der Waals surface area contributed by atoms with Crippen LogP contribution in [-0.4, -0.2) is 65.4 Å². The molecule has 1 atom stereocenters. The molecule has 8 nitrogen and oxygen atoms in total. The van der Waals surface area contributed by atoms with Crippen LogP contribution in [0.2, 0.25) is 0 Å². The first-order chi connectivity index (χ1) is 15.5. The molecule has 3 aromatic rings. The van der Waals surface area contributed by atoms with Gasteiger partial charge in [0.15, 0.2) is 0 Å². The van der Waals surface area contributed by atoms with Gasteiger partial charge in [0.05, 0.1) is 18.9 Å². The number of H-pyrrole nitrogens is 1. The minimum Gasteiger partial charge on any atom is -0.378 e. The summed E-state index contributed by atoms with van der Waals surface area (Å²) in [6.07, 6.45) is -0.288. The molecule has 0 spiro atoms. The summed E-state index contributed by atoms with van der Waals surface area (Å²) in [4.78, 5) is 18.0. The number of pyridine rings is 1. The maximum absolute atomic E-state index is 13.8. The third-order valence-corrected chi connectivity index (χ3v) is 5.84. The number of anilines is 2. The fraction of sp³-hybridized carbons (Fsp3) is 0.476. The Balaban J connectivity index is 1.52. The van der Waals surface area contributed by atoms with Gasteiger partial charge in [0.2, 0.25) is 5.95 Å². The van der Waals surface area contributed by atoms with Gasteiger partial charge in [0.1, 0.15) is 17.0 Å². The fourth-order valence-corrected chi connectivity index (χ4v) is 4.18. The summed E-state index contributed by atoms with van der Waals surface area (Å²) in [5.74, 6) is 0.953. The molecule has 0 radical (unpaired) electrons. The minimum absolute atomic E-state index is 0.0778. The highest BCUT2D eigenvalue weighted by Crippen LogP contribution is 2.38. The zero-order valence-corrected chi connectivity index (χ0v) is 17.4. The lowest BCUT2D eigenvalue weighted by molar-refractivity contribution is -0.137. The highest BCUT2D eigenvalue weighted by molar-refractivity contribution is 5.94. The standard InChI is InChI=1S/C21H24F3N7O/c22-21(23,24)16-12-27-20(28-13-2-1-5-25-10-13)30-18(16)15-11-26-19-14(15)3-4-17(29-19)31-6-8-32-9-7-31/h3-4,11-13,25H,1-2,5-10H2,(H,26,29)(H,27,28,30). The number of morpholine rings is 1. The summed E-state index contributed by atoms with van der Waals surface area (Å²) in [6, 6.07) is 3.69. The molecule has 5 rings (SSSR count). The van der Waals surface area contributed by atoms with E-state index in [-0.39, 0.29) is 17.7 Å². The largest absolute Gasteiger partial charge is 0.419 e. The average Bonchev–Trinajstić information content (AvgIpc) is 3.23. The molecular formula is C21H24F3N7O. The zero-order valence-electron chi connectivity index (χ0n) is 17.4. The molecule has 0 aromatic carbocycles. The van der Waals surface area contributed by atoms with E-state index in [1.807, 2.05) is 6.07 Å². The Hall–Kier alpha value is -2.92. The van der Waals surface area contributed by atoms with E-state index in [1.54, 1.807) is 6.07 Å². The van der Waals surface area contributed by atoms with Gasteiger partial charge < -0.3 is 25.3 Å². The van der Waals surface area contributed by atoms with Crippen molar-refractivity contribution >= 4 is 22.8 Å². The number of ether oxygens (including phenoxy) is 1. The minimum atomic E-state index is -4.58. The maximum Gasteiger partial charge on any atom is 0.419 e. The van der Waals surface area contributed by atoms with E-state index in [4.69, 9.17) is 4.74 Å². The summed E-state index contributed by atoms with van der Waals surface area (Å²) in [6.45, 7) is 4.35. The van der Waals surface area contributed by atoms with Crippen molar-refractivity contribution in [1.29, 1.82) is 0 Å². The second kappa shape index (κ2) is 8.55. The van der Waals surface area contributed by atoms with Crippen LogP contribution < -0.4 is 15.5 Å². The van der Waals surface area contributed by atoms with Crippen molar-refractivity contribution in [2.75, 3.05) is 49.6 Å². The van der Waals surface area contributed by atoms with Crippen LogP contribution in [0.3, 0.4) is 0 Å². The number of hydrogen-bond donors (Lipinski definition) is 3. The van der Waals surface area contributed by atoms with Gasteiger partial charge in [-0.3, -0.25) is 0 Å². The zero-order chi connectivity index (χ0) is 22.1. The Morgan fingerprint density at radius 2 is 2.00 bits per heavy atom. The number of fused-ring (bicyclic) bond motifs is 1. The summed E-state index contributed by atoms with van der Waals surface area (Å²) in [7, 11) is 0. The van der Waals surface area contributed by atoms with Crippen molar-refractivity contribution in [3.8, 4) is 11.3 Å². The Morgan fingerprint density at radius 3 is 2.75 bits per heavy atom. The van der Waals surface area contributed by atoms with Crippen LogP contribution >= 0.6 is 0 Å². The lowest BCUT2D eigenvalue weighted by Gasteiger charge is -2.27. The highest BCUT2D eigenvalue weighted by atomic mass is 19.4. The number of aromatic nitrogens is 4. The molecule has 0 amide bonds. The van der Waals surface area contributed by atoms with E-state index in [0.29, 0.717) is 29.8 Å². The number of alkyl halides is 3. The number of halogens is 3. The van der Waals surface area contributed by atoms with Gasteiger partial charge in [-0.2, -0.15) is 13.2 Å². The highest BCUT2D eigenvalue weighted by Gasteiger charge is 2.36. The molecule has 170 valence electrons. The van der Waals surface area contributed by atoms with Gasteiger partial charge in [-0.05, 0) is 31.5 Å². The average molecular weight is 447 g/mol. The van der Waals surface area contributed by atoms with Gasteiger partial charge in [0, 0.05) is 49.0 Å². The van der Waals surface area contributed by atoms with E-state index < -0.39 is 11.7 Å². The van der Waals surface area contributed by atoms with Crippen LogP contribution in [0, 0.1) is 0 Å². The lowest BCUT2D eigenvalue weighted by Crippen LogP contribution is -2.38. The second-order valence-electron chi connectivity index (χ2n) is 8.01. The van der Waals surface area contributed by atoms with Gasteiger partial charge in [-0.1, -0.05) is 0 Å². The van der Waals surface area contributed by atoms with E-state index >= 15 is 0 Å². The Bertz CT molecular complexity index is 1090. The molecule has 2 aliphatic heterocycles. The third kappa shape index (κ3) is 4.22. The summed E-state index contributed by atoms with van der Waals surface area (Å²) < 4.78 is 46.7. The Labute approximate surface area is 182 Å². The van der Waals surface area contributed by atoms with E-state index in [0.717, 1.165) is 51.0 Å². The number of aromatic amines is 1. The van der Waals surface area contributed by atoms with E-state index in [1.165, 1.54) is 6.20 Å². The molecule has 3 aromatic heterocycles. The molecule has 32 heavy (non-hydrogen) atoms.